The summed E-state index contributed by atoms with van der Waals surface area (Å²) in [5, 5.41) is 10.6. The van der Waals surface area contributed by atoms with Gasteiger partial charge in [0.2, 0.25) is 0 Å². The highest BCUT2D eigenvalue weighted by Crippen LogP contribution is 2.45. The van der Waals surface area contributed by atoms with E-state index in [2.05, 4.69) is 101 Å². The summed E-state index contributed by atoms with van der Waals surface area (Å²) in [4.78, 5) is 73.0. The van der Waals surface area contributed by atoms with Gasteiger partial charge < -0.3 is 33.8 Å². The lowest BCUT2D eigenvalue weighted by atomic mass is 10.0. The summed E-state index contributed by atoms with van der Waals surface area (Å²) in [6.07, 6.45) is 79.7. The summed E-state index contributed by atoms with van der Waals surface area (Å²) < 4.78 is 68.5. The molecule has 0 aromatic carbocycles. The van der Waals surface area contributed by atoms with Crippen LogP contribution in [0.1, 0.15) is 349 Å². The second-order valence-electron chi connectivity index (χ2n) is 27.0. The molecule has 2 unspecified atom stereocenters. The van der Waals surface area contributed by atoms with Crippen LogP contribution in [-0.4, -0.2) is 96.7 Å². The number of phosphoric ester groups is 2. The van der Waals surface area contributed by atoms with Crippen molar-refractivity contribution >= 4 is 39.5 Å². The number of ether oxygens (including phenoxy) is 4. The fourth-order valence-electron chi connectivity index (χ4n) is 10.9. The third-order valence-corrected chi connectivity index (χ3v) is 19.0. The maximum Gasteiger partial charge on any atom is 0.472 e. The summed E-state index contributed by atoms with van der Waals surface area (Å²) in [6.45, 7) is 4.74. The number of hydrogen-bond acceptors (Lipinski definition) is 15. The average molecular weight is 1480 g/mol. The molecule has 0 aromatic rings. The van der Waals surface area contributed by atoms with Crippen LogP contribution in [-0.2, 0) is 65.4 Å². The van der Waals surface area contributed by atoms with Crippen molar-refractivity contribution in [3.63, 3.8) is 0 Å². The molecular formula is C83H146O17P2. The highest BCUT2D eigenvalue weighted by molar-refractivity contribution is 7.47. The minimum atomic E-state index is -4.99. The molecule has 0 aliphatic heterocycles. The summed E-state index contributed by atoms with van der Waals surface area (Å²) >= 11 is 0. The van der Waals surface area contributed by atoms with Crippen LogP contribution < -0.4 is 0 Å². The Morgan fingerprint density at radius 1 is 0.275 bits per heavy atom. The molecule has 0 saturated heterocycles. The minimum absolute atomic E-state index is 0.0199. The number of carbonyl (C=O) groups excluding carboxylic acids is 4. The lowest BCUT2D eigenvalue weighted by Gasteiger charge is -2.21. The third-order valence-electron chi connectivity index (χ3n) is 17.1. The Balaban J connectivity index is 5.44. The van der Waals surface area contributed by atoms with Gasteiger partial charge >= 0.3 is 39.5 Å². The highest BCUT2D eigenvalue weighted by atomic mass is 31.2. The highest BCUT2D eigenvalue weighted by Gasteiger charge is 2.30. The second-order valence-corrected chi connectivity index (χ2v) is 29.9. The molecule has 590 valence electrons. The fraction of sp³-hybridized carbons (Fsp3) is 0.759. The van der Waals surface area contributed by atoms with Gasteiger partial charge in [-0.1, -0.05) is 318 Å². The molecule has 0 heterocycles. The van der Waals surface area contributed by atoms with E-state index in [1.54, 1.807) is 0 Å². The number of hydrogen-bond donors (Lipinski definition) is 3. The number of aliphatic hydroxyl groups excluding tert-OH is 1. The van der Waals surface area contributed by atoms with Gasteiger partial charge in [0.05, 0.1) is 26.4 Å². The molecule has 0 saturated carbocycles. The number of carbonyl (C=O) groups is 4. The Kier molecular flexibility index (Phi) is 72.3. The van der Waals surface area contributed by atoms with Crippen LogP contribution in [0, 0.1) is 0 Å². The van der Waals surface area contributed by atoms with E-state index in [1.165, 1.54) is 167 Å². The first-order valence-corrected chi connectivity index (χ1v) is 43.5. The van der Waals surface area contributed by atoms with Crippen LogP contribution in [0.4, 0.5) is 0 Å². The average Bonchev–Trinajstić information content (AvgIpc) is 1.01. The van der Waals surface area contributed by atoms with Gasteiger partial charge in [-0.05, 0) is 103 Å². The molecule has 5 atom stereocenters. The van der Waals surface area contributed by atoms with Crippen molar-refractivity contribution in [2.24, 2.45) is 0 Å². The molecule has 17 nitrogen and oxygen atoms in total. The molecule has 0 bridgehead atoms. The Labute approximate surface area is 620 Å². The maximum atomic E-state index is 13.1. The number of phosphoric acid groups is 2. The molecule has 102 heavy (non-hydrogen) atoms. The topological polar surface area (TPSA) is 237 Å². The molecule has 0 fully saturated rings. The predicted octanol–water partition coefficient (Wildman–Crippen LogP) is 23.6. The zero-order valence-electron chi connectivity index (χ0n) is 64.5. The van der Waals surface area contributed by atoms with Crippen LogP contribution >= 0.6 is 15.6 Å². The van der Waals surface area contributed by atoms with E-state index < -0.39 is 97.5 Å². The lowest BCUT2D eigenvalue weighted by molar-refractivity contribution is -0.161. The first-order valence-electron chi connectivity index (χ1n) is 40.5. The summed E-state index contributed by atoms with van der Waals surface area (Å²) in [7, 11) is -9.98. The van der Waals surface area contributed by atoms with Crippen LogP contribution in [0.15, 0.2) is 97.2 Å². The van der Waals surface area contributed by atoms with Crippen molar-refractivity contribution in [2.75, 3.05) is 39.6 Å². The molecule has 0 spiro atoms. The summed E-state index contributed by atoms with van der Waals surface area (Å²) in [5.41, 5.74) is 0. The Bertz CT molecular complexity index is 2310. The van der Waals surface area contributed by atoms with E-state index in [4.69, 9.17) is 37.0 Å². The van der Waals surface area contributed by atoms with E-state index in [0.717, 1.165) is 89.9 Å². The number of rotatable bonds is 76. The molecule has 0 radical (unpaired) electrons. The van der Waals surface area contributed by atoms with Gasteiger partial charge in [0.15, 0.2) is 12.2 Å². The fourth-order valence-corrected chi connectivity index (χ4v) is 12.4. The number of esters is 4. The first kappa shape index (κ1) is 98.0. The van der Waals surface area contributed by atoms with Gasteiger partial charge in [0.1, 0.15) is 19.3 Å². The largest absolute Gasteiger partial charge is 0.472 e. The molecule has 3 N–H and O–H groups in total. The maximum absolute atomic E-state index is 13.1. The van der Waals surface area contributed by atoms with Gasteiger partial charge in [0, 0.05) is 25.7 Å². The van der Waals surface area contributed by atoms with Crippen molar-refractivity contribution < 1.29 is 80.2 Å². The van der Waals surface area contributed by atoms with Crippen molar-refractivity contribution in [1.82, 2.24) is 0 Å². The minimum Gasteiger partial charge on any atom is -0.462 e. The van der Waals surface area contributed by atoms with Gasteiger partial charge in [-0.2, -0.15) is 0 Å². The zero-order valence-corrected chi connectivity index (χ0v) is 66.3. The van der Waals surface area contributed by atoms with Gasteiger partial charge in [-0.25, -0.2) is 9.13 Å². The number of allylic oxidation sites excluding steroid dienone is 16. The molecule has 0 aromatic heterocycles. The molecule has 0 amide bonds. The lowest BCUT2D eigenvalue weighted by Crippen LogP contribution is -2.30. The van der Waals surface area contributed by atoms with Crippen LogP contribution in [0.2, 0.25) is 0 Å². The van der Waals surface area contributed by atoms with E-state index in [0.29, 0.717) is 38.5 Å². The summed E-state index contributed by atoms with van der Waals surface area (Å²) in [5.74, 6) is -2.28. The van der Waals surface area contributed by atoms with Crippen molar-refractivity contribution in [3.8, 4) is 0 Å². The normalized spacial score (nSPS) is 14.4. The molecule has 0 aliphatic rings. The van der Waals surface area contributed by atoms with Crippen LogP contribution in [0.5, 0.6) is 0 Å². The SMILES string of the molecule is CCCCC/C=C\C/C=C\C/C=C\C/C=C\CCCC(=O)O[C@H](COC(=O)CCCCCCCCCCCCCCC)COP(=O)(O)OC[C@@H](O)COP(=O)(O)OC[C@@H](COC(=O)CCCCCCCCCCCCCCCCC)OC(=O)CCC/C=C\C/C=C\C/C=C\C/C=C\CCCCC. The number of unbranched alkanes of at least 4 members (excludes halogenated alkanes) is 34. The van der Waals surface area contributed by atoms with Gasteiger partial charge in [-0.3, -0.25) is 37.3 Å². The van der Waals surface area contributed by atoms with Gasteiger partial charge in [-0.15, -0.1) is 0 Å². The van der Waals surface area contributed by atoms with E-state index in [1.807, 2.05) is 24.3 Å². The second kappa shape index (κ2) is 75.2. The van der Waals surface area contributed by atoms with Crippen molar-refractivity contribution in [1.29, 1.82) is 0 Å². The van der Waals surface area contributed by atoms with Crippen LogP contribution in [0.3, 0.4) is 0 Å². The van der Waals surface area contributed by atoms with Crippen molar-refractivity contribution in [3.05, 3.63) is 97.2 Å². The monoisotopic (exact) mass is 1480 g/mol. The Hall–Kier alpha value is -4.02. The molecule has 19 heteroatoms. The van der Waals surface area contributed by atoms with Crippen molar-refractivity contribution in [2.45, 2.75) is 367 Å². The summed E-state index contributed by atoms with van der Waals surface area (Å²) in [6, 6.07) is 0. The Morgan fingerprint density at radius 3 is 0.765 bits per heavy atom. The van der Waals surface area contributed by atoms with Crippen LogP contribution in [0.25, 0.3) is 0 Å². The molecular weight excluding hydrogens is 1330 g/mol. The predicted molar refractivity (Wildman–Crippen MR) is 418 cm³/mol. The van der Waals surface area contributed by atoms with Gasteiger partial charge in [0.25, 0.3) is 0 Å². The molecule has 0 aliphatic carbocycles. The zero-order chi connectivity index (χ0) is 74.6. The first-order chi connectivity index (χ1) is 49.7. The standard InChI is InChI=1S/C83H146O17P2/c1-5-9-13-17-21-25-29-33-36-38-41-45-49-53-57-61-65-69-82(87)99-78(73-93-80(85)67-63-59-55-51-47-43-32-28-24-20-16-12-8-4)75-97-101(89,90)95-71-77(84)72-96-102(91,92)98-76-79(74-94-81(86)68-64-60-56-52-48-44-40-35-31-27-23-19-15-11-7-3)100-83(88)70-66-62-58-54-50-46-42-39-37-34-30-26-22-18-14-10-6-2/h21-22,25-26,33-34,36-37,41-42,45-46,53-54,57-58,77-79,84H,5-20,23-24,27-32,35,38-40,43-44,47-52,55-56,59-76H2,1-4H3,(H,89,90)(H,91,92)/b25-21-,26-22-,36-33-,37-34-,45-41-,46-42-,57-53-,58-54-/t77-,78-,79-/m1/s1. The smallest absolute Gasteiger partial charge is 0.462 e. The third kappa shape index (κ3) is 74.3. The Morgan fingerprint density at radius 2 is 0.490 bits per heavy atom. The number of aliphatic hydroxyl groups is 1. The van der Waals surface area contributed by atoms with E-state index in [9.17, 15) is 43.2 Å². The van der Waals surface area contributed by atoms with E-state index >= 15 is 0 Å². The van der Waals surface area contributed by atoms with E-state index in [-0.39, 0.29) is 25.7 Å². The quantitative estimate of drug-likeness (QED) is 0.0169. The molecule has 0 rings (SSSR count).